The Morgan fingerprint density at radius 3 is 3.17 bits per heavy atom. The lowest BCUT2D eigenvalue weighted by molar-refractivity contribution is -0.121. The molecular weight excluding hydrogens is 346 g/mol. The van der Waals surface area contributed by atoms with Crippen LogP contribution in [0.3, 0.4) is 0 Å². The summed E-state index contributed by atoms with van der Waals surface area (Å²) in [4.78, 5) is 27.3. The standard InChI is InChI=1S/C16H21N3O3S2/c20-13(17-10-11-4-3-8-22-11)5-1-2-7-19-15(21)14-12(6-9-24-14)18-16(19)23/h6,9,11H,1-5,7-8,10H2,(H,17,20)(H,18,23)/t11-/m1/s1. The summed E-state index contributed by atoms with van der Waals surface area (Å²) in [7, 11) is 0. The van der Waals surface area contributed by atoms with Crippen molar-refractivity contribution in [1.82, 2.24) is 14.9 Å². The first-order valence-electron chi connectivity index (χ1n) is 8.24. The summed E-state index contributed by atoms with van der Waals surface area (Å²) in [6.45, 7) is 1.92. The first-order chi connectivity index (χ1) is 11.6. The van der Waals surface area contributed by atoms with Crippen molar-refractivity contribution in [3.8, 4) is 0 Å². The topological polar surface area (TPSA) is 76.1 Å². The number of hydrogen-bond acceptors (Lipinski definition) is 5. The van der Waals surface area contributed by atoms with Gasteiger partial charge in [0.25, 0.3) is 5.56 Å². The molecule has 1 amide bonds. The second-order valence-corrected chi connectivity index (χ2v) is 7.25. The third-order valence-corrected chi connectivity index (χ3v) is 5.40. The summed E-state index contributed by atoms with van der Waals surface area (Å²) in [6, 6.07) is 1.86. The monoisotopic (exact) mass is 367 g/mol. The Kier molecular flexibility index (Phi) is 5.80. The van der Waals surface area contributed by atoms with Gasteiger partial charge >= 0.3 is 0 Å². The molecule has 0 radical (unpaired) electrons. The Morgan fingerprint density at radius 2 is 2.38 bits per heavy atom. The van der Waals surface area contributed by atoms with Crippen molar-refractivity contribution in [2.75, 3.05) is 13.2 Å². The second-order valence-electron chi connectivity index (χ2n) is 5.95. The molecule has 2 N–H and O–H groups in total. The average Bonchev–Trinajstić information content (AvgIpc) is 3.23. The van der Waals surface area contributed by atoms with Crippen LogP contribution < -0.4 is 10.9 Å². The maximum Gasteiger partial charge on any atom is 0.272 e. The van der Waals surface area contributed by atoms with Crippen molar-refractivity contribution in [1.29, 1.82) is 0 Å². The minimum Gasteiger partial charge on any atom is -0.376 e. The molecule has 1 atom stereocenters. The van der Waals surface area contributed by atoms with Crippen LogP contribution in [0.25, 0.3) is 10.2 Å². The molecule has 0 spiro atoms. The summed E-state index contributed by atoms with van der Waals surface area (Å²) in [5.41, 5.74) is 0.742. The van der Waals surface area contributed by atoms with Crippen LogP contribution in [0.5, 0.6) is 0 Å². The number of aromatic amines is 1. The van der Waals surface area contributed by atoms with Gasteiger partial charge in [0, 0.05) is 26.1 Å². The Morgan fingerprint density at radius 1 is 1.50 bits per heavy atom. The summed E-state index contributed by atoms with van der Waals surface area (Å²) in [5.74, 6) is 0.0386. The number of carbonyl (C=O) groups is 1. The number of rotatable bonds is 7. The van der Waals surface area contributed by atoms with Crippen LogP contribution in [0.1, 0.15) is 32.1 Å². The van der Waals surface area contributed by atoms with Crippen molar-refractivity contribution in [3.63, 3.8) is 0 Å². The van der Waals surface area contributed by atoms with Crippen LogP contribution in [-0.4, -0.2) is 34.7 Å². The smallest absolute Gasteiger partial charge is 0.272 e. The molecular formula is C16H21N3O3S2. The third kappa shape index (κ3) is 4.12. The van der Waals surface area contributed by atoms with Crippen molar-refractivity contribution in [3.05, 3.63) is 26.6 Å². The molecule has 0 aromatic carbocycles. The maximum absolute atomic E-state index is 12.4. The van der Waals surface area contributed by atoms with Crippen LogP contribution >= 0.6 is 23.6 Å². The minimum absolute atomic E-state index is 0.0386. The van der Waals surface area contributed by atoms with E-state index in [1.165, 1.54) is 11.3 Å². The van der Waals surface area contributed by atoms with Crippen molar-refractivity contribution in [2.45, 2.75) is 44.8 Å². The van der Waals surface area contributed by atoms with Crippen LogP contribution in [-0.2, 0) is 16.1 Å². The zero-order chi connectivity index (χ0) is 16.9. The quantitative estimate of drug-likeness (QED) is 0.583. The normalized spacial score (nSPS) is 17.4. The highest BCUT2D eigenvalue weighted by molar-refractivity contribution is 7.71. The van der Waals surface area contributed by atoms with Gasteiger partial charge in [0.05, 0.1) is 11.6 Å². The molecule has 0 unspecified atom stereocenters. The van der Waals surface area contributed by atoms with Gasteiger partial charge in [0.1, 0.15) is 4.70 Å². The van der Waals surface area contributed by atoms with Gasteiger partial charge in [-0.3, -0.25) is 14.2 Å². The Balaban J connectivity index is 1.45. The molecule has 1 aliphatic rings. The van der Waals surface area contributed by atoms with E-state index >= 15 is 0 Å². The molecule has 1 aliphatic heterocycles. The van der Waals surface area contributed by atoms with Crippen molar-refractivity contribution < 1.29 is 9.53 Å². The molecule has 24 heavy (non-hydrogen) atoms. The number of aromatic nitrogens is 2. The van der Waals surface area contributed by atoms with E-state index < -0.39 is 0 Å². The molecule has 8 heteroatoms. The van der Waals surface area contributed by atoms with E-state index in [1.807, 2.05) is 11.4 Å². The van der Waals surface area contributed by atoms with E-state index in [4.69, 9.17) is 17.0 Å². The zero-order valence-electron chi connectivity index (χ0n) is 13.4. The molecule has 3 rings (SSSR count). The van der Waals surface area contributed by atoms with Gasteiger partial charge in [-0.15, -0.1) is 11.3 Å². The fourth-order valence-corrected chi connectivity index (χ4v) is 3.93. The Bertz CT molecular complexity index is 818. The highest BCUT2D eigenvalue weighted by Crippen LogP contribution is 2.14. The van der Waals surface area contributed by atoms with Gasteiger partial charge in [0.2, 0.25) is 5.91 Å². The molecule has 2 aromatic rings. The van der Waals surface area contributed by atoms with Crippen molar-refractivity contribution in [2.24, 2.45) is 0 Å². The van der Waals surface area contributed by atoms with Gasteiger partial charge in [-0.05, 0) is 49.3 Å². The van der Waals surface area contributed by atoms with Gasteiger partial charge in [0.15, 0.2) is 4.77 Å². The molecule has 0 bridgehead atoms. The predicted molar refractivity (Wildman–Crippen MR) is 97.1 cm³/mol. The summed E-state index contributed by atoms with van der Waals surface area (Å²) in [5, 5.41) is 4.78. The van der Waals surface area contributed by atoms with Gasteiger partial charge in [-0.2, -0.15) is 0 Å². The number of amides is 1. The fourth-order valence-electron chi connectivity index (χ4n) is 2.85. The number of nitrogens with one attached hydrogen (secondary N) is 2. The lowest BCUT2D eigenvalue weighted by atomic mass is 10.2. The molecule has 3 heterocycles. The first kappa shape index (κ1) is 17.3. The van der Waals surface area contributed by atoms with Gasteiger partial charge in [-0.25, -0.2) is 0 Å². The molecule has 6 nitrogen and oxygen atoms in total. The number of ether oxygens (including phenoxy) is 1. The Hall–Kier alpha value is -1.51. The number of carbonyl (C=O) groups excluding carboxylic acids is 1. The number of nitrogens with zero attached hydrogens (tertiary/aromatic N) is 1. The van der Waals surface area contributed by atoms with E-state index in [1.54, 1.807) is 4.57 Å². The van der Waals surface area contributed by atoms with E-state index in [9.17, 15) is 9.59 Å². The van der Waals surface area contributed by atoms with Crippen LogP contribution in [0.15, 0.2) is 16.2 Å². The largest absolute Gasteiger partial charge is 0.376 e. The highest BCUT2D eigenvalue weighted by Gasteiger charge is 2.15. The van der Waals surface area contributed by atoms with E-state index in [-0.39, 0.29) is 17.6 Å². The molecule has 0 saturated carbocycles. The summed E-state index contributed by atoms with van der Waals surface area (Å²) < 4.78 is 8.19. The number of unbranched alkanes of at least 4 members (excludes halogenated alkanes) is 1. The Labute approximate surface area is 148 Å². The van der Waals surface area contributed by atoms with Crippen LogP contribution in [0.2, 0.25) is 0 Å². The molecule has 0 aliphatic carbocycles. The molecule has 1 fully saturated rings. The van der Waals surface area contributed by atoms with E-state index in [0.717, 1.165) is 37.8 Å². The van der Waals surface area contributed by atoms with E-state index in [0.29, 0.717) is 29.0 Å². The first-order valence-corrected chi connectivity index (χ1v) is 9.52. The zero-order valence-corrected chi connectivity index (χ0v) is 15.0. The summed E-state index contributed by atoms with van der Waals surface area (Å²) in [6.07, 6.45) is 4.18. The fraction of sp³-hybridized carbons (Fsp3) is 0.562. The number of hydrogen-bond donors (Lipinski definition) is 2. The van der Waals surface area contributed by atoms with Crippen LogP contribution in [0, 0.1) is 4.77 Å². The predicted octanol–water partition coefficient (Wildman–Crippen LogP) is 2.59. The number of fused-ring (bicyclic) bond motifs is 1. The van der Waals surface area contributed by atoms with Gasteiger partial charge < -0.3 is 15.0 Å². The average molecular weight is 367 g/mol. The van der Waals surface area contributed by atoms with Gasteiger partial charge in [-0.1, -0.05) is 0 Å². The molecule has 2 aromatic heterocycles. The third-order valence-electron chi connectivity index (χ3n) is 4.18. The maximum atomic E-state index is 12.4. The SMILES string of the molecule is O=C(CCCCn1c(=S)[nH]c2ccsc2c1=O)NC[C@H]1CCCO1. The minimum atomic E-state index is -0.0495. The number of H-pyrrole nitrogens is 1. The van der Waals surface area contributed by atoms with E-state index in [2.05, 4.69) is 10.3 Å². The van der Waals surface area contributed by atoms with Crippen molar-refractivity contribution >= 4 is 39.7 Å². The molecule has 130 valence electrons. The number of thiophene rings is 1. The second kappa shape index (κ2) is 8.04. The molecule has 1 saturated heterocycles. The van der Waals surface area contributed by atoms with Crippen LogP contribution in [0.4, 0.5) is 0 Å². The summed E-state index contributed by atoms with van der Waals surface area (Å²) >= 11 is 6.67. The lowest BCUT2D eigenvalue weighted by Gasteiger charge is -2.11. The lowest BCUT2D eigenvalue weighted by Crippen LogP contribution is -2.31. The highest BCUT2D eigenvalue weighted by atomic mass is 32.1.